The smallest absolute Gasteiger partial charge is 0.251 e. The fourth-order valence-corrected chi connectivity index (χ4v) is 3.18. The first-order valence-corrected chi connectivity index (χ1v) is 8.71. The molecule has 1 aromatic rings. The molecule has 3 rings (SSSR count). The summed E-state index contributed by atoms with van der Waals surface area (Å²) in [6.07, 6.45) is 1.45. The lowest BCUT2D eigenvalue weighted by atomic mass is 10.2. The van der Waals surface area contributed by atoms with Gasteiger partial charge in [0, 0.05) is 38.5 Å². The van der Waals surface area contributed by atoms with Crippen molar-refractivity contribution in [1.82, 2.24) is 9.80 Å². The number of rotatable bonds is 4. The topological polar surface area (TPSA) is 61.9 Å². The zero-order valence-electron chi connectivity index (χ0n) is 14.5. The molecule has 25 heavy (non-hydrogen) atoms. The molecule has 1 unspecified atom stereocenters. The van der Waals surface area contributed by atoms with Gasteiger partial charge in [0.05, 0.1) is 6.54 Å². The minimum absolute atomic E-state index is 0.0664. The van der Waals surface area contributed by atoms with Gasteiger partial charge in [0.25, 0.3) is 5.91 Å². The highest BCUT2D eigenvalue weighted by molar-refractivity contribution is 5.92. The SMILES string of the molecule is Cc1ccc(NC(=O)CN2CCN(C(=O)C3CCCO3)CC2)cc1F. The third-order valence-corrected chi connectivity index (χ3v) is 4.71. The lowest BCUT2D eigenvalue weighted by Crippen LogP contribution is -2.52. The van der Waals surface area contributed by atoms with Crippen LogP contribution in [0.3, 0.4) is 0 Å². The number of carbonyl (C=O) groups excluding carboxylic acids is 2. The first-order valence-electron chi connectivity index (χ1n) is 8.71. The van der Waals surface area contributed by atoms with E-state index >= 15 is 0 Å². The molecule has 0 spiro atoms. The molecule has 6 nitrogen and oxygen atoms in total. The Kier molecular flexibility index (Phi) is 5.65. The number of hydrogen-bond donors (Lipinski definition) is 1. The van der Waals surface area contributed by atoms with Crippen LogP contribution in [-0.4, -0.2) is 67.0 Å². The minimum Gasteiger partial charge on any atom is -0.368 e. The summed E-state index contributed by atoms with van der Waals surface area (Å²) in [6, 6.07) is 4.65. The van der Waals surface area contributed by atoms with E-state index in [4.69, 9.17) is 4.74 Å². The average molecular weight is 349 g/mol. The van der Waals surface area contributed by atoms with E-state index in [9.17, 15) is 14.0 Å². The van der Waals surface area contributed by atoms with E-state index in [1.54, 1.807) is 19.1 Å². The number of aryl methyl sites for hydroxylation is 1. The normalized spacial score (nSPS) is 21.4. The number of hydrogen-bond acceptors (Lipinski definition) is 4. The second-order valence-electron chi connectivity index (χ2n) is 6.62. The molecule has 2 fully saturated rings. The zero-order chi connectivity index (χ0) is 17.8. The first kappa shape index (κ1) is 17.8. The monoisotopic (exact) mass is 349 g/mol. The Balaban J connectivity index is 1.44. The summed E-state index contributed by atoms with van der Waals surface area (Å²) in [6.45, 7) is 5.07. The second-order valence-corrected chi connectivity index (χ2v) is 6.62. The molecule has 0 bridgehead atoms. The van der Waals surface area contributed by atoms with Gasteiger partial charge in [0.1, 0.15) is 11.9 Å². The molecular formula is C18H24FN3O3. The van der Waals surface area contributed by atoms with Crippen molar-refractivity contribution in [1.29, 1.82) is 0 Å². The number of carbonyl (C=O) groups is 2. The quantitative estimate of drug-likeness (QED) is 0.893. The van der Waals surface area contributed by atoms with Gasteiger partial charge in [0.15, 0.2) is 0 Å². The number of piperazine rings is 1. The fourth-order valence-electron chi connectivity index (χ4n) is 3.18. The molecule has 1 N–H and O–H groups in total. The molecule has 136 valence electrons. The molecule has 2 amide bonds. The van der Waals surface area contributed by atoms with Crippen LogP contribution in [0.15, 0.2) is 18.2 Å². The Morgan fingerprint density at radius 1 is 1.28 bits per heavy atom. The lowest BCUT2D eigenvalue weighted by molar-refractivity contribution is -0.142. The molecule has 0 radical (unpaired) electrons. The highest BCUT2D eigenvalue weighted by Crippen LogP contribution is 2.16. The van der Waals surface area contributed by atoms with Crippen molar-refractivity contribution >= 4 is 17.5 Å². The van der Waals surface area contributed by atoms with Crippen molar-refractivity contribution < 1.29 is 18.7 Å². The summed E-state index contributed by atoms with van der Waals surface area (Å²) in [7, 11) is 0. The van der Waals surface area contributed by atoms with Crippen molar-refractivity contribution in [2.24, 2.45) is 0 Å². The standard InChI is InChI=1S/C18H24FN3O3/c1-13-4-5-14(11-15(13)19)20-17(23)12-21-6-8-22(9-7-21)18(24)16-3-2-10-25-16/h4-5,11,16H,2-3,6-10,12H2,1H3,(H,20,23). The van der Waals surface area contributed by atoms with E-state index in [0.717, 1.165) is 12.8 Å². The lowest BCUT2D eigenvalue weighted by Gasteiger charge is -2.35. The van der Waals surface area contributed by atoms with E-state index in [0.29, 0.717) is 44.0 Å². The van der Waals surface area contributed by atoms with Crippen LogP contribution in [0.5, 0.6) is 0 Å². The van der Waals surface area contributed by atoms with Gasteiger partial charge in [-0.05, 0) is 37.5 Å². The van der Waals surface area contributed by atoms with Gasteiger partial charge in [-0.25, -0.2) is 4.39 Å². The summed E-state index contributed by atoms with van der Waals surface area (Å²) in [5.74, 6) is -0.446. The van der Waals surface area contributed by atoms with Gasteiger partial charge in [0.2, 0.25) is 5.91 Å². The molecule has 2 aliphatic rings. The Bertz CT molecular complexity index is 638. The number of amides is 2. The minimum atomic E-state index is -0.334. The highest BCUT2D eigenvalue weighted by atomic mass is 19.1. The molecule has 2 saturated heterocycles. The summed E-state index contributed by atoms with van der Waals surface area (Å²) in [4.78, 5) is 28.2. The maximum Gasteiger partial charge on any atom is 0.251 e. The summed E-state index contributed by atoms with van der Waals surface area (Å²) >= 11 is 0. The largest absolute Gasteiger partial charge is 0.368 e. The highest BCUT2D eigenvalue weighted by Gasteiger charge is 2.30. The molecule has 1 aromatic carbocycles. The van der Waals surface area contributed by atoms with Crippen LogP contribution in [0.1, 0.15) is 18.4 Å². The molecule has 2 heterocycles. The van der Waals surface area contributed by atoms with Crippen molar-refractivity contribution in [2.45, 2.75) is 25.9 Å². The van der Waals surface area contributed by atoms with E-state index in [-0.39, 0.29) is 30.3 Å². The van der Waals surface area contributed by atoms with Crippen molar-refractivity contribution in [2.75, 3.05) is 44.6 Å². The number of nitrogens with zero attached hydrogens (tertiary/aromatic N) is 2. The van der Waals surface area contributed by atoms with E-state index < -0.39 is 0 Å². The van der Waals surface area contributed by atoms with Gasteiger partial charge in [-0.1, -0.05) is 6.07 Å². The number of anilines is 1. The van der Waals surface area contributed by atoms with Crippen LogP contribution in [0, 0.1) is 12.7 Å². The Hall–Kier alpha value is -1.99. The third kappa shape index (κ3) is 4.55. The maximum atomic E-state index is 13.5. The molecule has 1 atom stereocenters. The Labute approximate surface area is 146 Å². The Morgan fingerprint density at radius 3 is 2.68 bits per heavy atom. The molecule has 7 heteroatoms. The van der Waals surface area contributed by atoms with Crippen LogP contribution in [0.2, 0.25) is 0 Å². The third-order valence-electron chi connectivity index (χ3n) is 4.71. The molecular weight excluding hydrogens is 325 g/mol. The zero-order valence-corrected chi connectivity index (χ0v) is 14.5. The molecule has 2 aliphatic heterocycles. The number of nitrogens with one attached hydrogen (secondary N) is 1. The predicted octanol–water partition coefficient (Wildman–Crippen LogP) is 1.40. The van der Waals surface area contributed by atoms with Gasteiger partial charge in [-0.2, -0.15) is 0 Å². The van der Waals surface area contributed by atoms with E-state index in [1.807, 2.05) is 9.80 Å². The first-order chi connectivity index (χ1) is 12.0. The van der Waals surface area contributed by atoms with Gasteiger partial charge in [-0.15, -0.1) is 0 Å². The maximum absolute atomic E-state index is 13.5. The molecule has 0 aromatic heterocycles. The van der Waals surface area contributed by atoms with Crippen LogP contribution >= 0.6 is 0 Å². The van der Waals surface area contributed by atoms with Crippen LogP contribution in [0.25, 0.3) is 0 Å². The van der Waals surface area contributed by atoms with Crippen LogP contribution < -0.4 is 5.32 Å². The number of halogens is 1. The molecule has 0 aliphatic carbocycles. The van der Waals surface area contributed by atoms with Gasteiger partial charge in [-0.3, -0.25) is 14.5 Å². The van der Waals surface area contributed by atoms with Crippen molar-refractivity contribution in [3.05, 3.63) is 29.6 Å². The summed E-state index contributed by atoms with van der Waals surface area (Å²) in [5.41, 5.74) is 1.00. The predicted molar refractivity (Wildman–Crippen MR) is 91.8 cm³/mol. The fraction of sp³-hybridized carbons (Fsp3) is 0.556. The van der Waals surface area contributed by atoms with Crippen molar-refractivity contribution in [3.8, 4) is 0 Å². The van der Waals surface area contributed by atoms with Gasteiger partial charge >= 0.3 is 0 Å². The number of benzene rings is 1. The Morgan fingerprint density at radius 2 is 2.04 bits per heavy atom. The summed E-state index contributed by atoms with van der Waals surface area (Å²) < 4.78 is 19.0. The van der Waals surface area contributed by atoms with Gasteiger partial charge < -0.3 is 15.0 Å². The van der Waals surface area contributed by atoms with Crippen LogP contribution in [0.4, 0.5) is 10.1 Å². The van der Waals surface area contributed by atoms with Crippen molar-refractivity contribution in [3.63, 3.8) is 0 Å². The van der Waals surface area contributed by atoms with Crippen LogP contribution in [-0.2, 0) is 14.3 Å². The van der Waals surface area contributed by atoms with E-state index in [2.05, 4.69) is 5.32 Å². The second kappa shape index (κ2) is 7.93. The van der Waals surface area contributed by atoms with E-state index in [1.165, 1.54) is 6.07 Å². The summed E-state index contributed by atoms with van der Waals surface area (Å²) in [5, 5.41) is 2.71. The average Bonchev–Trinajstić information content (AvgIpc) is 3.13. The molecule has 0 saturated carbocycles. The number of ether oxygens (including phenoxy) is 1.